The Bertz CT molecular complexity index is 1640. The molecule has 0 saturated carbocycles. The van der Waals surface area contributed by atoms with E-state index in [1.807, 2.05) is 36.4 Å². The zero-order valence-corrected chi connectivity index (χ0v) is 15.5. The van der Waals surface area contributed by atoms with Crippen LogP contribution in [-0.2, 0) is 4.74 Å². The van der Waals surface area contributed by atoms with Gasteiger partial charge in [0.15, 0.2) is 0 Å². The molecule has 30 heavy (non-hydrogen) atoms. The third-order valence-electron chi connectivity index (χ3n) is 5.73. The van der Waals surface area contributed by atoms with E-state index in [2.05, 4.69) is 6.58 Å². The number of benzene rings is 4. The second kappa shape index (κ2) is 5.64. The van der Waals surface area contributed by atoms with Gasteiger partial charge in [-0.15, -0.1) is 0 Å². The molecule has 0 unspecified atom stereocenters. The molecule has 0 amide bonds. The molecule has 0 radical (unpaired) electrons. The summed E-state index contributed by atoms with van der Waals surface area (Å²) >= 11 is 0. The van der Waals surface area contributed by atoms with Crippen LogP contribution in [0.15, 0.2) is 69.9 Å². The Kier molecular flexibility index (Phi) is 3.14. The highest BCUT2D eigenvalue weighted by molar-refractivity contribution is 6.24. The van der Waals surface area contributed by atoms with Crippen LogP contribution in [0.4, 0.5) is 0 Å². The molecule has 4 aromatic carbocycles. The van der Waals surface area contributed by atoms with Gasteiger partial charge in [0, 0.05) is 16.2 Å². The lowest BCUT2D eigenvalue weighted by atomic mass is 9.88. The molecular formula is C25H12O5. The Morgan fingerprint density at radius 2 is 1.13 bits per heavy atom. The Balaban J connectivity index is 1.79. The van der Waals surface area contributed by atoms with Crippen LogP contribution in [0.2, 0.25) is 0 Å². The van der Waals surface area contributed by atoms with Crippen LogP contribution >= 0.6 is 0 Å². The summed E-state index contributed by atoms with van der Waals surface area (Å²) in [7, 11) is 0. The highest BCUT2D eigenvalue weighted by Gasteiger charge is 2.28. The van der Waals surface area contributed by atoms with Gasteiger partial charge in [-0.2, -0.15) is 0 Å². The normalized spacial score (nSPS) is 13.3. The van der Waals surface area contributed by atoms with E-state index in [0.717, 1.165) is 32.7 Å². The number of hydrogen-bond acceptors (Lipinski definition) is 5. The smallest absolute Gasteiger partial charge is 0.346 e. The molecule has 1 aromatic heterocycles. The number of rotatable bonds is 1. The summed E-state index contributed by atoms with van der Waals surface area (Å²) in [5.41, 5.74) is 2.35. The van der Waals surface area contributed by atoms with Crippen LogP contribution in [0.3, 0.4) is 0 Å². The van der Waals surface area contributed by atoms with Crippen LogP contribution in [0.1, 0.15) is 20.7 Å². The van der Waals surface area contributed by atoms with Crippen LogP contribution in [0.25, 0.3) is 50.0 Å². The van der Waals surface area contributed by atoms with E-state index in [4.69, 9.17) is 9.15 Å². The standard InChI is InChI=1S/C25H12O5/c1-12-13-4-2-5-16-14(8-10-19(21(13)16)23(26)29-12)15-9-11-20-22-17(15)6-3-7-18(22)24(27)30-25(20)28/h2-11H,1H2. The fourth-order valence-corrected chi connectivity index (χ4v) is 4.44. The fourth-order valence-electron chi connectivity index (χ4n) is 4.44. The zero-order chi connectivity index (χ0) is 20.6. The van der Waals surface area contributed by atoms with Crippen LogP contribution in [0.5, 0.6) is 0 Å². The Morgan fingerprint density at radius 3 is 1.90 bits per heavy atom. The average molecular weight is 392 g/mol. The summed E-state index contributed by atoms with van der Waals surface area (Å²) in [6.45, 7) is 3.87. The minimum Gasteiger partial charge on any atom is -0.423 e. The number of carbonyl (C=O) groups excluding carboxylic acids is 2. The van der Waals surface area contributed by atoms with Crippen molar-refractivity contribution in [1.82, 2.24) is 0 Å². The molecule has 0 spiro atoms. The predicted molar refractivity (Wildman–Crippen MR) is 113 cm³/mol. The maximum absolute atomic E-state index is 12.4. The third-order valence-corrected chi connectivity index (χ3v) is 5.73. The Hall–Kier alpha value is -4.25. The predicted octanol–water partition coefficient (Wildman–Crippen LogP) is 4.21. The number of hydrogen-bond donors (Lipinski definition) is 0. The Morgan fingerprint density at radius 1 is 0.567 bits per heavy atom. The van der Waals surface area contributed by atoms with Crippen molar-refractivity contribution in [2.24, 2.45) is 0 Å². The molecule has 2 heterocycles. The molecule has 5 heteroatoms. The van der Waals surface area contributed by atoms with E-state index < -0.39 is 17.6 Å². The monoisotopic (exact) mass is 392 g/mol. The lowest BCUT2D eigenvalue weighted by Gasteiger charge is -2.18. The van der Waals surface area contributed by atoms with Crippen LogP contribution in [0, 0.1) is 0 Å². The highest BCUT2D eigenvalue weighted by Crippen LogP contribution is 2.39. The largest absolute Gasteiger partial charge is 0.423 e. The van der Waals surface area contributed by atoms with Crippen LogP contribution in [-0.4, -0.2) is 11.9 Å². The molecule has 1 aliphatic rings. The number of cyclic esters (lactones) is 2. The third kappa shape index (κ3) is 2.03. The van der Waals surface area contributed by atoms with Crippen molar-refractivity contribution >= 4 is 50.8 Å². The van der Waals surface area contributed by atoms with Crippen molar-refractivity contribution < 1.29 is 18.7 Å². The van der Waals surface area contributed by atoms with Gasteiger partial charge in [0.1, 0.15) is 5.42 Å². The fraction of sp³-hybridized carbons (Fsp3) is 0. The van der Waals surface area contributed by atoms with E-state index >= 15 is 0 Å². The second-order valence-electron chi connectivity index (χ2n) is 7.27. The van der Waals surface area contributed by atoms with E-state index in [1.165, 1.54) is 0 Å². The summed E-state index contributed by atoms with van der Waals surface area (Å²) in [5.74, 6) is -1.29. The summed E-state index contributed by atoms with van der Waals surface area (Å²) < 4.78 is 10.1. The molecule has 0 saturated heterocycles. The van der Waals surface area contributed by atoms with E-state index in [1.54, 1.807) is 24.3 Å². The summed E-state index contributed by atoms with van der Waals surface area (Å²) in [4.78, 5) is 36.9. The summed E-state index contributed by atoms with van der Waals surface area (Å²) in [6, 6.07) is 18.1. The van der Waals surface area contributed by atoms with Crippen molar-refractivity contribution in [1.29, 1.82) is 0 Å². The average Bonchev–Trinajstić information content (AvgIpc) is 2.75. The molecule has 6 rings (SSSR count). The Labute approximate surface area is 168 Å². The zero-order valence-electron chi connectivity index (χ0n) is 15.5. The van der Waals surface area contributed by atoms with Gasteiger partial charge in [0.05, 0.1) is 16.5 Å². The topological polar surface area (TPSA) is 73.6 Å². The van der Waals surface area contributed by atoms with Gasteiger partial charge in [-0.1, -0.05) is 49.0 Å². The molecule has 0 bridgehead atoms. The molecule has 142 valence electrons. The number of ether oxygens (including phenoxy) is 1. The number of esters is 2. The molecule has 5 nitrogen and oxygen atoms in total. The van der Waals surface area contributed by atoms with Gasteiger partial charge in [-0.05, 0) is 40.1 Å². The van der Waals surface area contributed by atoms with Gasteiger partial charge < -0.3 is 9.15 Å². The van der Waals surface area contributed by atoms with Crippen LogP contribution < -0.4 is 11.0 Å². The summed E-state index contributed by atoms with van der Waals surface area (Å²) in [6.07, 6.45) is 0. The molecule has 0 N–H and O–H groups in total. The highest BCUT2D eigenvalue weighted by atomic mass is 16.6. The number of carbonyl (C=O) groups is 2. The SMILES string of the molecule is C=c1oc(=O)c2ccc(-c3ccc4c5c(cccc35)C(=O)OC4=O)c3cccc1c32. The lowest BCUT2D eigenvalue weighted by Crippen LogP contribution is -2.19. The van der Waals surface area contributed by atoms with E-state index in [-0.39, 0.29) is 0 Å². The first kappa shape index (κ1) is 16.7. The van der Waals surface area contributed by atoms with Gasteiger partial charge in [0.25, 0.3) is 0 Å². The van der Waals surface area contributed by atoms with E-state index in [0.29, 0.717) is 27.3 Å². The maximum Gasteiger partial charge on any atom is 0.346 e. The van der Waals surface area contributed by atoms with E-state index in [9.17, 15) is 14.4 Å². The first-order valence-corrected chi connectivity index (χ1v) is 9.34. The van der Waals surface area contributed by atoms with Crippen molar-refractivity contribution in [3.8, 4) is 11.1 Å². The molecule has 0 atom stereocenters. The first-order chi connectivity index (χ1) is 14.5. The molecule has 1 aliphatic heterocycles. The van der Waals surface area contributed by atoms with Crippen molar-refractivity contribution in [3.05, 3.63) is 87.6 Å². The minimum absolute atomic E-state index is 0.320. The van der Waals surface area contributed by atoms with Crippen molar-refractivity contribution in [2.45, 2.75) is 0 Å². The first-order valence-electron chi connectivity index (χ1n) is 9.34. The maximum atomic E-state index is 12.4. The molecule has 0 fully saturated rings. The second-order valence-corrected chi connectivity index (χ2v) is 7.27. The minimum atomic E-state index is -0.647. The van der Waals surface area contributed by atoms with Crippen molar-refractivity contribution in [2.75, 3.05) is 0 Å². The summed E-state index contributed by atoms with van der Waals surface area (Å²) in [5, 5.41) is 4.26. The molecule has 5 aromatic rings. The quantitative estimate of drug-likeness (QED) is 0.316. The van der Waals surface area contributed by atoms with Crippen molar-refractivity contribution in [3.63, 3.8) is 0 Å². The molecule has 0 aliphatic carbocycles. The molecular weight excluding hydrogens is 380 g/mol. The van der Waals surface area contributed by atoms with Gasteiger partial charge in [0.2, 0.25) is 0 Å². The van der Waals surface area contributed by atoms with Gasteiger partial charge >= 0.3 is 17.6 Å². The lowest BCUT2D eigenvalue weighted by molar-refractivity contribution is 0.0391. The van der Waals surface area contributed by atoms with Gasteiger partial charge in [-0.3, -0.25) is 0 Å². The van der Waals surface area contributed by atoms with Gasteiger partial charge in [-0.25, -0.2) is 14.4 Å².